The summed E-state index contributed by atoms with van der Waals surface area (Å²) < 4.78 is 6.22. The fourth-order valence-electron chi connectivity index (χ4n) is 1.53. The Bertz CT molecular complexity index is 597. The van der Waals surface area contributed by atoms with Crippen molar-refractivity contribution in [2.75, 3.05) is 18.5 Å². The molecule has 2 aromatic rings. The van der Waals surface area contributed by atoms with Crippen LogP contribution in [0.1, 0.15) is 0 Å². The van der Waals surface area contributed by atoms with Crippen molar-refractivity contribution >= 4 is 17.6 Å². The van der Waals surface area contributed by atoms with Crippen molar-refractivity contribution in [2.24, 2.45) is 0 Å². The number of rotatable bonds is 6. The molecular weight excluding hydrogens is 264 g/mol. The number of anilines is 1. The number of carboxylic acid groups (broad SMARTS) is 1. The second-order valence-corrected chi connectivity index (χ2v) is 3.80. The van der Waals surface area contributed by atoms with Crippen molar-refractivity contribution in [3.05, 3.63) is 36.7 Å². The lowest BCUT2D eigenvalue weighted by molar-refractivity contribution is -0.143. The van der Waals surface area contributed by atoms with Gasteiger partial charge in [0, 0.05) is 0 Å². The first-order chi connectivity index (χ1) is 9.66. The highest BCUT2D eigenvalue weighted by Crippen LogP contribution is 2.18. The zero-order valence-corrected chi connectivity index (χ0v) is 10.4. The van der Waals surface area contributed by atoms with Crippen LogP contribution in [-0.4, -0.2) is 45.2 Å². The van der Waals surface area contributed by atoms with E-state index in [0.717, 1.165) is 0 Å². The Labute approximate surface area is 114 Å². The Morgan fingerprint density at radius 1 is 1.30 bits per heavy atom. The molecule has 0 aliphatic rings. The molecule has 0 spiro atoms. The van der Waals surface area contributed by atoms with Gasteiger partial charge in [-0.2, -0.15) is 0 Å². The third kappa shape index (κ3) is 3.62. The van der Waals surface area contributed by atoms with Crippen molar-refractivity contribution in [2.45, 2.75) is 0 Å². The molecule has 0 saturated heterocycles. The van der Waals surface area contributed by atoms with Crippen molar-refractivity contribution in [3.63, 3.8) is 0 Å². The van der Waals surface area contributed by atoms with E-state index < -0.39 is 18.5 Å². The molecule has 104 valence electrons. The summed E-state index contributed by atoms with van der Waals surface area (Å²) in [4.78, 5) is 21.9. The molecule has 2 N–H and O–H groups in total. The number of carbonyl (C=O) groups excluding carboxylic acids is 1. The molecule has 0 radical (unpaired) electrons. The number of nitrogens with one attached hydrogen (secondary N) is 1. The van der Waals surface area contributed by atoms with Gasteiger partial charge in [0.1, 0.15) is 13.2 Å². The molecule has 0 bridgehead atoms. The molecule has 1 heterocycles. The molecular formula is C12H12N4O4. The quantitative estimate of drug-likeness (QED) is 0.786. The van der Waals surface area contributed by atoms with Crippen LogP contribution in [0, 0.1) is 0 Å². The summed E-state index contributed by atoms with van der Waals surface area (Å²) in [7, 11) is 0. The number of hydrogen-bond donors (Lipinski definition) is 2. The average Bonchev–Trinajstić information content (AvgIpc) is 2.92. The summed E-state index contributed by atoms with van der Waals surface area (Å²) in [6.07, 6.45) is 3.17. The predicted molar refractivity (Wildman–Crippen MR) is 68.4 cm³/mol. The number of aromatic nitrogens is 3. The highest BCUT2D eigenvalue weighted by atomic mass is 16.5. The van der Waals surface area contributed by atoms with E-state index in [0.29, 0.717) is 11.4 Å². The van der Waals surface area contributed by atoms with Crippen LogP contribution in [0.2, 0.25) is 0 Å². The van der Waals surface area contributed by atoms with Gasteiger partial charge in [0.15, 0.2) is 0 Å². The van der Waals surface area contributed by atoms with Crippen molar-refractivity contribution in [1.82, 2.24) is 15.0 Å². The molecule has 1 aromatic heterocycles. The average molecular weight is 276 g/mol. The van der Waals surface area contributed by atoms with Gasteiger partial charge in [-0.15, -0.1) is 5.10 Å². The van der Waals surface area contributed by atoms with Crippen molar-refractivity contribution < 1.29 is 19.4 Å². The Morgan fingerprint density at radius 3 is 2.80 bits per heavy atom. The number of aliphatic carboxylic acids is 1. The summed E-state index contributed by atoms with van der Waals surface area (Å²) in [6.45, 7) is -0.851. The van der Waals surface area contributed by atoms with Crippen LogP contribution in [0.25, 0.3) is 5.69 Å². The standard InChI is InChI=1S/C12H12N4O4/c17-11(7-20-8-12(18)19)14-9-3-1-2-4-10(9)16-6-5-13-15-16/h1-6H,7-8H2,(H,14,17)(H,18,19). The zero-order valence-electron chi connectivity index (χ0n) is 10.4. The zero-order chi connectivity index (χ0) is 14.4. The molecule has 20 heavy (non-hydrogen) atoms. The molecule has 8 heteroatoms. The van der Waals surface area contributed by atoms with Crippen LogP contribution in [0.15, 0.2) is 36.7 Å². The molecule has 0 fully saturated rings. The van der Waals surface area contributed by atoms with E-state index in [2.05, 4.69) is 15.6 Å². The fourth-order valence-corrected chi connectivity index (χ4v) is 1.53. The van der Waals surface area contributed by atoms with Crippen molar-refractivity contribution in [1.29, 1.82) is 0 Å². The summed E-state index contributed by atoms with van der Waals surface area (Å²) in [6, 6.07) is 7.02. The first kappa shape index (κ1) is 13.7. The van der Waals surface area contributed by atoms with E-state index in [9.17, 15) is 9.59 Å². The predicted octanol–water partition coefficient (Wildman–Crippen LogP) is 0.307. The monoisotopic (exact) mass is 276 g/mol. The molecule has 0 unspecified atom stereocenters. The maximum Gasteiger partial charge on any atom is 0.329 e. The number of ether oxygens (including phenoxy) is 1. The summed E-state index contributed by atoms with van der Waals surface area (Å²) in [5.74, 6) is -1.57. The first-order valence-electron chi connectivity index (χ1n) is 5.72. The second kappa shape index (κ2) is 6.43. The Kier molecular flexibility index (Phi) is 4.40. The van der Waals surface area contributed by atoms with E-state index in [4.69, 9.17) is 9.84 Å². The van der Waals surface area contributed by atoms with Crippen LogP contribution in [0.4, 0.5) is 5.69 Å². The van der Waals surface area contributed by atoms with Gasteiger partial charge in [-0.3, -0.25) is 4.79 Å². The van der Waals surface area contributed by atoms with Gasteiger partial charge in [-0.1, -0.05) is 17.3 Å². The largest absolute Gasteiger partial charge is 0.480 e. The Balaban J connectivity index is 2.03. The normalized spacial score (nSPS) is 10.2. The lowest BCUT2D eigenvalue weighted by Gasteiger charge is -2.10. The highest BCUT2D eigenvalue weighted by Gasteiger charge is 2.09. The minimum absolute atomic E-state index is 0.335. The van der Waals surface area contributed by atoms with E-state index in [1.807, 2.05) is 0 Å². The van der Waals surface area contributed by atoms with Crippen LogP contribution >= 0.6 is 0 Å². The molecule has 0 aliphatic carbocycles. The van der Waals surface area contributed by atoms with Gasteiger partial charge < -0.3 is 15.2 Å². The topological polar surface area (TPSA) is 106 Å². The van der Waals surface area contributed by atoms with Crippen LogP contribution < -0.4 is 5.32 Å². The van der Waals surface area contributed by atoms with E-state index in [1.54, 1.807) is 30.5 Å². The van der Waals surface area contributed by atoms with E-state index >= 15 is 0 Å². The van der Waals surface area contributed by atoms with Crippen LogP contribution in [0.3, 0.4) is 0 Å². The van der Waals surface area contributed by atoms with Gasteiger partial charge in [0.05, 0.1) is 23.8 Å². The molecule has 1 aromatic carbocycles. The lowest BCUT2D eigenvalue weighted by Crippen LogP contribution is -2.21. The number of carbonyl (C=O) groups is 2. The Hall–Kier alpha value is -2.74. The number of amides is 1. The lowest BCUT2D eigenvalue weighted by atomic mass is 10.2. The van der Waals surface area contributed by atoms with Crippen LogP contribution in [-0.2, 0) is 14.3 Å². The third-order valence-electron chi connectivity index (χ3n) is 2.31. The van der Waals surface area contributed by atoms with Gasteiger partial charge in [0.25, 0.3) is 0 Å². The minimum atomic E-state index is -1.12. The summed E-state index contributed by atoms with van der Waals surface area (Å²) in [5, 5.41) is 18.6. The van der Waals surface area contributed by atoms with Gasteiger partial charge >= 0.3 is 5.97 Å². The maximum atomic E-state index is 11.6. The molecule has 0 aliphatic heterocycles. The molecule has 0 saturated carbocycles. The highest BCUT2D eigenvalue weighted by molar-refractivity contribution is 5.93. The molecule has 2 rings (SSSR count). The molecule has 1 amide bonds. The van der Waals surface area contributed by atoms with E-state index in [1.165, 1.54) is 10.9 Å². The molecule has 8 nitrogen and oxygen atoms in total. The third-order valence-corrected chi connectivity index (χ3v) is 2.31. The van der Waals surface area contributed by atoms with Gasteiger partial charge in [0.2, 0.25) is 5.91 Å². The van der Waals surface area contributed by atoms with Crippen LogP contribution in [0.5, 0.6) is 0 Å². The molecule has 0 atom stereocenters. The number of para-hydroxylation sites is 2. The number of nitrogens with zero attached hydrogens (tertiary/aromatic N) is 3. The van der Waals surface area contributed by atoms with E-state index in [-0.39, 0.29) is 6.61 Å². The minimum Gasteiger partial charge on any atom is -0.480 e. The maximum absolute atomic E-state index is 11.6. The van der Waals surface area contributed by atoms with Gasteiger partial charge in [-0.25, -0.2) is 9.48 Å². The first-order valence-corrected chi connectivity index (χ1v) is 5.72. The number of carboxylic acids is 1. The summed E-state index contributed by atoms with van der Waals surface area (Å²) >= 11 is 0. The SMILES string of the molecule is O=C(O)COCC(=O)Nc1ccccc1-n1ccnn1. The Morgan fingerprint density at radius 2 is 2.10 bits per heavy atom. The van der Waals surface area contributed by atoms with Gasteiger partial charge in [-0.05, 0) is 12.1 Å². The number of hydrogen-bond acceptors (Lipinski definition) is 5. The smallest absolute Gasteiger partial charge is 0.329 e. The second-order valence-electron chi connectivity index (χ2n) is 3.80. The fraction of sp³-hybridized carbons (Fsp3) is 0.167. The number of benzene rings is 1. The summed E-state index contributed by atoms with van der Waals surface area (Å²) in [5.41, 5.74) is 1.18. The van der Waals surface area contributed by atoms with Crippen molar-refractivity contribution in [3.8, 4) is 5.69 Å².